The minimum absolute atomic E-state index is 0.221. The first-order valence-corrected chi connectivity index (χ1v) is 6.12. The normalized spacial score (nSPS) is 19.3. The third-order valence-electron chi connectivity index (χ3n) is 3.16. The molecule has 1 unspecified atom stereocenters. The SMILES string of the molecule is Cc1cc(C(=O)N2CCNCC2C(N)=O)c(C)nn1. The highest BCUT2D eigenvalue weighted by molar-refractivity contribution is 5.98. The van der Waals surface area contributed by atoms with E-state index in [-0.39, 0.29) is 5.91 Å². The Bertz CT molecular complexity index is 517. The second-order valence-electron chi connectivity index (χ2n) is 4.61. The van der Waals surface area contributed by atoms with Crippen LogP contribution in [-0.4, -0.2) is 52.6 Å². The topological polar surface area (TPSA) is 101 Å². The number of aromatic nitrogens is 2. The van der Waals surface area contributed by atoms with Crippen molar-refractivity contribution in [3.05, 3.63) is 23.0 Å². The number of piperazine rings is 1. The van der Waals surface area contributed by atoms with Crippen LogP contribution in [0.2, 0.25) is 0 Å². The average molecular weight is 263 g/mol. The molecular formula is C12H17N5O2. The predicted molar refractivity (Wildman–Crippen MR) is 68.4 cm³/mol. The van der Waals surface area contributed by atoms with Crippen LogP contribution in [0.15, 0.2) is 6.07 Å². The van der Waals surface area contributed by atoms with Crippen molar-refractivity contribution in [2.24, 2.45) is 5.73 Å². The molecule has 1 fully saturated rings. The molecule has 0 radical (unpaired) electrons. The molecule has 1 aliphatic heterocycles. The Hall–Kier alpha value is -2.02. The molecule has 0 aliphatic carbocycles. The fraction of sp³-hybridized carbons (Fsp3) is 0.500. The smallest absolute Gasteiger partial charge is 0.256 e. The van der Waals surface area contributed by atoms with E-state index in [1.165, 1.54) is 4.90 Å². The molecule has 0 saturated carbocycles. The zero-order chi connectivity index (χ0) is 14.0. The molecule has 0 aromatic carbocycles. The molecular weight excluding hydrogens is 246 g/mol. The summed E-state index contributed by atoms with van der Waals surface area (Å²) in [4.78, 5) is 25.4. The van der Waals surface area contributed by atoms with E-state index in [0.717, 1.165) is 0 Å². The number of rotatable bonds is 2. The summed E-state index contributed by atoms with van der Waals surface area (Å²) in [7, 11) is 0. The van der Waals surface area contributed by atoms with E-state index < -0.39 is 11.9 Å². The second kappa shape index (κ2) is 5.31. The number of nitrogens with two attached hydrogens (primary N) is 1. The van der Waals surface area contributed by atoms with E-state index >= 15 is 0 Å². The largest absolute Gasteiger partial charge is 0.368 e. The summed E-state index contributed by atoms with van der Waals surface area (Å²) in [5.41, 5.74) is 7.03. The fourth-order valence-corrected chi connectivity index (χ4v) is 2.12. The molecule has 1 aromatic rings. The zero-order valence-electron chi connectivity index (χ0n) is 11.0. The highest BCUT2D eigenvalue weighted by atomic mass is 16.2. The van der Waals surface area contributed by atoms with Crippen LogP contribution in [0, 0.1) is 13.8 Å². The molecule has 2 rings (SSSR count). The summed E-state index contributed by atoms with van der Waals surface area (Å²) in [6.07, 6.45) is 0. The molecule has 1 saturated heterocycles. The third kappa shape index (κ3) is 2.70. The lowest BCUT2D eigenvalue weighted by Crippen LogP contribution is -2.58. The summed E-state index contributed by atoms with van der Waals surface area (Å²) < 4.78 is 0. The quantitative estimate of drug-likeness (QED) is 0.712. The Morgan fingerprint density at radius 3 is 2.84 bits per heavy atom. The zero-order valence-corrected chi connectivity index (χ0v) is 11.0. The number of nitrogens with one attached hydrogen (secondary N) is 1. The van der Waals surface area contributed by atoms with Gasteiger partial charge < -0.3 is 16.0 Å². The van der Waals surface area contributed by atoms with Gasteiger partial charge in [-0.15, -0.1) is 0 Å². The molecule has 102 valence electrons. The first-order chi connectivity index (χ1) is 9.00. The van der Waals surface area contributed by atoms with Crippen LogP contribution in [0.5, 0.6) is 0 Å². The minimum atomic E-state index is -0.617. The van der Waals surface area contributed by atoms with E-state index in [2.05, 4.69) is 15.5 Å². The Balaban J connectivity index is 2.31. The minimum Gasteiger partial charge on any atom is -0.368 e. The molecule has 1 atom stereocenters. The Kier molecular flexibility index (Phi) is 3.75. The van der Waals surface area contributed by atoms with Crippen molar-refractivity contribution in [2.45, 2.75) is 19.9 Å². The molecule has 7 nitrogen and oxygen atoms in total. The van der Waals surface area contributed by atoms with Gasteiger partial charge in [0.05, 0.1) is 17.0 Å². The van der Waals surface area contributed by atoms with Gasteiger partial charge in [-0.1, -0.05) is 0 Å². The lowest BCUT2D eigenvalue weighted by Gasteiger charge is -2.34. The van der Waals surface area contributed by atoms with Crippen LogP contribution < -0.4 is 11.1 Å². The monoisotopic (exact) mass is 263 g/mol. The lowest BCUT2D eigenvalue weighted by molar-refractivity contribution is -0.122. The van der Waals surface area contributed by atoms with Gasteiger partial charge in [0, 0.05) is 19.6 Å². The number of primary amides is 1. The molecule has 19 heavy (non-hydrogen) atoms. The number of carbonyl (C=O) groups is 2. The predicted octanol–water partition coefficient (Wildman–Crippen LogP) is -1.01. The van der Waals surface area contributed by atoms with Crippen molar-refractivity contribution >= 4 is 11.8 Å². The van der Waals surface area contributed by atoms with Gasteiger partial charge in [-0.2, -0.15) is 10.2 Å². The first kappa shape index (κ1) is 13.4. The Morgan fingerprint density at radius 1 is 1.42 bits per heavy atom. The van der Waals surface area contributed by atoms with Crippen LogP contribution in [0.3, 0.4) is 0 Å². The Labute approximate surface area is 111 Å². The summed E-state index contributed by atoms with van der Waals surface area (Å²) in [6.45, 7) is 4.98. The number of hydrogen-bond acceptors (Lipinski definition) is 5. The number of aryl methyl sites for hydroxylation is 2. The van der Waals surface area contributed by atoms with Crippen molar-refractivity contribution in [1.29, 1.82) is 0 Å². The number of amides is 2. The van der Waals surface area contributed by atoms with Crippen LogP contribution in [0.25, 0.3) is 0 Å². The van der Waals surface area contributed by atoms with Gasteiger partial charge in [0.2, 0.25) is 5.91 Å². The van der Waals surface area contributed by atoms with Gasteiger partial charge in [0.1, 0.15) is 6.04 Å². The van der Waals surface area contributed by atoms with Crippen molar-refractivity contribution < 1.29 is 9.59 Å². The van der Waals surface area contributed by atoms with Crippen LogP contribution in [0.4, 0.5) is 0 Å². The van der Waals surface area contributed by atoms with Crippen LogP contribution >= 0.6 is 0 Å². The molecule has 0 bridgehead atoms. The van der Waals surface area contributed by atoms with Crippen molar-refractivity contribution in [2.75, 3.05) is 19.6 Å². The van der Waals surface area contributed by atoms with E-state index in [9.17, 15) is 9.59 Å². The summed E-state index contributed by atoms with van der Waals surface area (Å²) in [5, 5.41) is 10.9. The number of nitrogens with zero attached hydrogens (tertiary/aromatic N) is 3. The van der Waals surface area contributed by atoms with Gasteiger partial charge in [-0.3, -0.25) is 9.59 Å². The van der Waals surface area contributed by atoms with E-state index in [0.29, 0.717) is 36.6 Å². The molecule has 1 aliphatic rings. The second-order valence-corrected chi connectivity index (χ2v) is 4.61. The summed E-state index contributed by atoms with van der Waals surface area (Å²) in [5.74, 6) is -0.724. The molecule has 1 aromatic heterocycles. The van der Waals surface area contributed by atoms with Gasteiger partial charge in [-0.25, -0.2) is 0 Å². The van der Waals surface area contributed by atoms with Crippen molar-refractivity contribution in [3.63, 3.8) is 0 Å². The van der Waals surface area contributed by atoms with Crippen molar-refractivity contribution in [3.8, 4) is 0 Å². The standard InChI is InChI=1S/C12H17N5O2/c1-7-5-9(8(2)16-15-7)12(19)17-4-3-14-6-10(17)11(13)18/h5,10,14H,3-4,6H2,1-2H3,(H2,13,18). The van der Waals surface area contributed by atoms with Crippen molar-refractivity contribution in [1.82, 2.24) is 20.4 Å². The number of hydrogen-bond donors (Lipinski definition) is 2. The summed E-state index contributed by atoms with van der Waals surface area (Å²) >= 11 is 0. The van der Waals surface area contributed by atoms with Gasteiger partial charge >= 0.3 is 0 Å². The van der Waals surface area contributed by atoms with Crippen LogP contribution in [0.1, 0.15) is 21.7 Å². The van der Waals surface area contributed by atoms with Crippen LogP contribution in [-0.2, 0) is 4.79 Å². The summed E-state index contributed by atoms with van der Waals surface area (Å²) in [6, 6.07) is 1.07. The third-order valence-corrected chi connectivity index (χ3v) is 3.16. The molecule has 2 amide bonds. The van der Waals surface area contributed by atoms with Gasteiger partial charge in [0.25, 0.3) is 5.91 Å². The van der Waals surface area contributed by atoms with Gasteiger partial charge in [0.15, 0.2) is 0 Å². The maximum atomic E-state index is 12.5. The number of carbonyl (C=O) groups excluding carboxylic acids is 2. The van der Waals surface area contributed by atoms with E-state index in [1.807, 2.05) is 0 Å². The van der Waals surface area contributed by atoms with Gasteiger partial charge in [-0.05, 0) is 19.9 Å². The fourth-order valence-electron chi connectivity index (χ4n) is 2.12. The highest BCUT2D eigenvalue weighted by Gasteiger charge is 2.32. The van der Waals surface area contributed by atoms with E-state index in [4.69, 9.17) is 5.73 Å². The Morgan fingerprint density at radius 2 is 2.16 bits per heavy atom. The molecule has 7 heteroatoms. The first-order valence-electron chi connectivity index (χ1n) is 6.12. The lowest BCUT2D eigenvalue weighted by atomic mass is 10.1. The highest BCUT2D eigenvalue weighted by Crippen LogP contribution is 2.13. The maximum absolute atomic E-state index is 12.5. The molecule has 3 N–H and O–H groups in total. The van der Waals surface area contributed by atoms with E-state index in [1.54, 1.807) is 19.9 Å². The molecule has 2 heterocycles. The molecule has 0 spiro atoms. The average Bonchev–Trinajstić information content (AvgIpc) is 2.40. The maximum Gasteiger partial charge on any atom is 0.256 e.